The van der Waals surface area contributed by atoms with Crippen molar-refractivity contribution in [1.82, 2.24) is 0 Å². The van der Waals surface area contributed by atoms with E-state index in [2.05, 4.69) is 473 Å². The topological polar surface area (TPSA) is 0 Å². The van der Waals surface area contributed by atoms with Crippen molar-refractivity contribution >= 4 is 115 Å². The maximum atomic E-state index is 2.64. The van der Waals surface area contributed by atoms with Crippen LogP contribution >= 0.6 is 0 Å². The molecule has 0 nitrogen and oxygen atoms in total. The molecule has 0 aromatic heterocycles. The van der Waals surface area contributed by atoms with E-state index in [1.165, 1.54) is 116 Å². The molecule has 17 aromatic carbocycles. The molecule has 0 N–H and O–H groups in total. The lowest BCUT2D eigenvalue weighted by atomic mass is 9.96. The van der Waals surface area contributed by atoms with Crippen LogP contribution in [0.15, 0.2) is 473 Å². The molecule has 0 saturated carbocycles. The minimum Gasteiger partial charge on any atom is -0.0623 e. The van der Waals surface area contributed by atoms with Crippen LogP contribution in [0.5, 0.6) is 0 Å². The van der Waals surface area contributed by atoms with Gasteiger partial charge in [-0.3, -0.25) is 0 Å². The van der Waals surface area contributed by atoms with Crippen molar-refractivity contribution in [3.8, 4) is 44.5 Å². The zero-order chi connectivity index (χ0) is 71.0. The fourth-order valence-corrected chi connectivity index (χ4v) is 38.0. The Kier molecular flexibility index (Phi) is 18.8. The van der Waals surface area contributed by atoms with Crippen LogP contribution in [-0.2, 0) is 0 Å². The molecule has 0 fully saturated rings. The fourth-order valence-electron chi connectivity index (χ4n) is 17.6. The average molecular weight is 1420 g/mol. The van der Waals surface area contributed by atoms with Gasteiger partial charge in [-0.05, 0) is 127 Å². The maximum Gasteiger partial charge on any atom is 0.180 e. The lowest BCUT2D eigenvalue weighted by molar-refractivity contribution is 1.59. The number of hydrogen-bond donors (Lipinski definition) is 0. The van der Waals surface area contributed by atoms with Crippen molar-refractivity contribution in [2.75, 3.05) is 0 Å². The van der Waals surface area contributed by atoms with Gasteiger partial charge in [0.15, 0.2) is 32.3 Å². The molecular weight excluding hydrogens is 1340 g/mol. The Morgan fingerprint density at radius 2 is 0.226 bits per heavy atom. The predicted octanol–water partition coefficient (Wildman–Crippen LogP) is 13.9. The van der Waals surface area contributed by atoms with Crippen molar-refractivity contribution in [2.24, 2.45) is 0 Å². The number of benzene rings is 17. The standard InChI is InChI=1S/C102H78Si4/c1-15-43-79(44-16-1)83-75-97(103(85-47-19-3-20-48-85,86-49-21-4-22-50-86)87-51-23-5-24-52-87)101(98(76-83)104(88-53-25-6-26-54-88,89-55-27-7-28-56-89)90-57-29-8-30-58-90)81-71-73-82(74-72-81)102-99(105(91-59-31-9-32-60-91,92-61-33-10-34-62-92)93-63-35-11-36-64-93)77-84(80-45-17-2-18-46-80)78-100(102)106(94-65-37-12-38-66-94,95-67-39-13-40-68-95)96-69-41-14-42-70-96/h1-78H. The summed E-state index contributed by atoms with van der Waals surface area (Å²) in [4.78, 5) is 0. The molecule has 0 unspecified atom stereocenters. The van der Waals surface area contributed by atoms with Gasteiger partial charge < -0.3 is 0 Å². The lowest BCUT2D eigenvalue weighted by Crippen LogP contribution is -2.78. The molecule has 0 saturated heterocycles. The third-order valence-corrected chi connectivity index (χ3v) is 41.3. The fraction of sp³-hybridized carbons (Fsp3) is 0. The first-order valence-corrected chi connectivity index (χ1v) is 44.9. The molecule has 0 radical (unpaired) electrons. The summed E-state index contributed by atoms with van der Waals surface area (Å²) in [5.41, 5.74) is 9.56. The smallest absolute Gasteiger partial charge is 0.0623 e. The average Bonchev–Trinajstić information content (AvgIpc) is 0.700. The summed E-state index contributed by atoms with van der Waals surface area (Å²) in [7, 11) is -13.9. The largest absolute Gasteiger partial charge is 0.180 e. The van der Waals surface area contributed by atoms with E-state index >= 15 is 0 Å². The van der Waals surface area contributed by atoms with Crippen LogP contribution in [0.1, 0.15) is 0 Å². The highest BCUT2D eigenvalue weighted by molar-refractivity contribution is 7.24. The van der Waals surface area contributed by atoms with Crippen LogP contribution in [0.25, 0.3) is 44.5 Å². The summed E-state index contributed by atoms with van der Waals surface area (Å²) in [5, 5.41) is 21.1. The molecule has 4 heteroatoms. The van der Waals surface area contributed by atoms with Crippen LogP contribution in [0.4, 0.5) is 0 Å². The zero-order valence-corrected chi connectivity index (χ0v) is 63.0. The highest BCUT2D eigenvalue weighted by Crippen LogP contribution is 2.34. The molecule has 0 bridgehead atoms. The molecule has 0 atom stereocenters. The molecule has 17 rings (SSSR count). The predicted molar refractivity (Wildman–Crippen MR) is 463 cm³/mol. The van der Waals surface area contributed by atoms with Gasteiger partial charge in [0.25, 0.3) is 0 Å². The number of hydrogen-bond acceptors (Lipinski definition) is 0. The second kappa shape index (κ2) is 29.8. The van der Waals surface area contributed by atoms with Gasteiger partial charge in [0.05, 0.1) is 0 Å². The highest BCUT2D eigenvalue weighted by atomic mass is 28.3. The molecule has 502 valence electrons. The molecule has 0 heterocycles. The summed E-state index contributed by atoms with van der Waals surface area (Å²) < 4.78 is 0. The number of rotatable bonds is 20. The molecule has 0 aliphatic heterocycles. The highest BCUT2D eigenvalue weighted by Gasteiger charge is 2.51. The van der Waals surface area contributed by atoms with Crippen molar-refractivity contribution in [2.45, 2.75) is 0 Å². The van der Waals surface area contributed by atoms with E-state index in [1.807, 2.05) is 0 Å². The summed E-state index contributed by atoms with van der Waals surface area (Å²) in [6.07, 6.45) is 0. The third-order valence-electron chi connectivity index (χ3n) is 22.1. The van der Waals surface area contributed by atoms with Gasteiger partial charge in [0.2, 0.25) is 0 Å². The molecule has 106 heavy (non-hydrogen) atoms. The maximum absolute atomic E-state index is 3.48. The second-order valence-corrected chi connectivity index (χ2v) is 42.7. The van der Waals surface area contributed by atoms with Crippen molar-refractivity contribution in [3.05, 3.63) is 473 Å². The van der Waals surface area contributed by atoms with Gasteiger partial charge >= 0.3 is 0 Å². The van der Waals surface area contributed by atoms with Gasteiger partial charge in [0, 0.05) is 0 Å². The van der Waals surface area contributed by atoms with Crippen LogP contribution in [-0.4, -0.2) is 32.3 Å². The monoisotopic (exact) mass is 1410 g/mol. The Balaban J connectivity index is 1.10. The molecule has 17 aromatic rings. The summed E-state index contributed by atoms with van der Waals surface area (Å²) in [6.45, 7) is 0. The summed E-state index contributed by atoms with van der Waals surface area (Å²) >= 11 is 0. The van der Waals surface area contributed by atoms with E-state index in [-0.39, 0.29) is 0 Å². The Morgan fingerprint density at radius 1 is 0.104 bits per heavy atom. The van der Waals surface area contributed by atoms with E-state index < -0.39 is 32.3 Å². The van der Waals surface area contributed by atoms with Crippen molar-refractivity contribution < 1.29 is 0 Å². The summed E-state index contributed by atoms with van der Waals surface area (Å²) in [5.74, 6) is 0. The van der Waals surface area contributed by atoms with E-state index in [4.69, 9.17) is 0 Å². The van der Waals surface area contributed by atoms with Crippen LogP contribution in [0.2, 0.25) is 0 Å². The van der Waals surface area contributed by atoms with Gasteiger partial charge in [0.1, 0.15) is 0 Å². The van der Waals surface area contributed by atoms with Crippen LogP contribution in [0.3, 0.4) is 0 Å². The van der Waals surface area contributed by atoms with E-state index in [0.29, 0.717) is 0 Å². The molecule has 0 aliphatic carbocycles. The van der Waals surface area contributed by atoms with Gasteiger partial charge in [-0.25, -0.2) is 0 Å². The second-order valence-electron chi connectivity index (χ2n) is 27.6. The first-order chi connectivity index (χ1) is 52.6. The molecule has 0 spiro atoms. The Labute approximate surface area is 628 Å². The molecule has 0 amide bonds. The summed E-state index contributed by atoms with van der Waals surface area (Å²) in [6, 6.07) is 182. The minimum absolute atomic E-state index is 1.16. The Morgan fingerprint density at radius 3 is 0.358 bits per heavy atom. The first-order valence-electron chi connectivity index (χ1n) is 36.9. The Hall–Kier alpha value is -12.4. The van der Waals surface area contributed by atoms with E-state index in [1.54, 1.807) is 0 Å². The zero-order valence-electron chi connectivity index (χ0n) is 59.0. The van der Waals surface area contributed by atoms with Crippen LogP contribution < -0.4 is 83.0 Å². The van der Waals surface area contributed by atoms with E-state index in [9.17, 15) is 0 Å². The van der Waals surface area contributed by atoms with Gasteiger partial charge in [-0.2, -0.15) is 0 Å². The van der Waals surface area contributed by atoms with Crippen molar-refractivity contribution in [3.63, 3.8) is 0 Å². The van der Waals surface area contributed by atoms with Gasteiger partial charge in [-0.15, -0.1) is 0 Å². The normalized spacial score (nSPS) is 11.8. The molecule has 0 aliphatic rings. The molecular formula is C102H78Si4. The lowest BCUT2D eigenvalue weighted by Gasteiger charge is -2.41. The van der Waals surface area contributed by atoms with Gasteiger partial charge in [-0.1, -0.05) is 473 Å². The quantitative estimate of drug-likeness (QED) is 0.0527. The SMILES string of the molecule is c1ccc(-c2cc([Si](c3ccccc3)(c3ccccc3)c3ccccc3)c(-c3ccc(-c4c([Si](c5ccccc5)(c5ccccc5)c5ccccc5)cc(-c5ccccc5)cc4[Si](c4ccccc4)(c4ccccc4)c4ccccc4)cc3)c([Si](c3ccccc3)(c3ccccc3)c3ccccc3)c2)cc1. The van der Waals surface area contributed by atoms with Crippen LogP contribution in [0, 0.1) is 0 Å². The Bertz CT molecular complexity index is 4690. The first kappa shape index (κ1) is 66.8. The van der Waals surface area contributed by atoms with Crippen molar-refractivity contribution in [1.29, 1.82) is 0 Å². The third kappa shape index (κ3) is 11.7. The minimum atomic E-state index is -3.48. The van der Waals surface area contributed by atoms with E-state index in [0.717, 1.165) is 11.1 Å².